The van der Waals surface area contributed by atoms with Crippen LogP contribution >= 0.6 is 11.3 Å². The van der Waals surface area contributed by atoms with E-state index in [1.165, 1.54) is 21.6 Å². The first-order chi connectivity index (χ1) is 13.0. The summed E-state index contributed by atoms with van der Waals surface area (Å²) < 4.78 is 1.53. The van der Waals surface area contributed by atoms with Crippen molar-refractivity contribution in [3.05, 3.63) is 76.8 Å². The van der Waals surface area contributed by atoms with Crippen molar-refractivity contribution in [1.29, 1.82) is 0 Å². The number of rotatable bonds is 4. The van der Waals surface area contributed by atoms with Crippen LogP contribution in [0.3, 0.4) is 0 Å². The molecular formula is C21H18N4OS. The normalized spacial score (nSPS) is 10.9. The summed E-state index contributed by atoms with van der Waals surface area (Å²) in [5.41, 5.74) is 11.7. The van der Waals surface area contributed by atoms with Crippen LogP contribution in [-0.4, -0.2) is 20.7 Å². The molecule has 0 unspecified atom stereocenters. The van der Waals surface area contributed by atoms with E-state index in [0.717, 1.165) is 22.4 Å². The van der Waals surface area contributed by atoms with Crippen molar-refractivity contribution in [2.45, 2.75) is 13.8 Å². The molecule has 27 heavy (non-hydrogen) atoms. The van der Waals surface area contributed by atoms with Crippen LogP contribution in [0.15, 0.2) is 60.0 Å². The van der Waals surface area contributed by atoms with E-state index in [-0.39, 0.29) is 0 Å². The van der Waals surface area contributed by atoms with Crippen molar-refractivity contribution >= 4 is 17.2 Å². The van der Waals surface area contributed by atoms with Crippen LogP contribution in [0, 0.1) is 13.8 Å². The monoisotopic (exact) mass is 374 g/mol. The molecular weight excluding hydrogens is 356 g/mol. The number of thiazole rings is 1. The molecule has 4 aromatic rings. The molecule has 0 saturated heterocycles. The topological polar surface area (TPSA) is 73.8 Å². The predicted molar refractivity (Wildman–Crippen MR) is 108 cm³/mol. The molecule has 0 bridgehead atoms. The molecule has 0 aliphatic carbocycles. The summed E-state index contributed by atoms with van der Waals surface area (Å²) in [6.45, 7) is 4.07. The van der Waals surface area contributed by atoms with E-state index in [4.69, 9.17) is 5.73 Å². The number of hydrogen-bond donors (Lipinski definition) is 1. The lowest BCUT2D eigenvalue weighted by atomic mass is 10.1. The highest BCUT2D eigenvalue weighted by Gasteiger charge is 2.18. The van der Waals surface area contributed by atoms with Crippen molar-refractivity contribution < 1.29 is 4.79 Å². The second kappa shape index (κ2) is 6.81. The van der Waals surface area contributed by atoms with Crippen LogP contribution < -0.4 is 5.73 Å². The zero-order valence-corrected chi connectivity index (χ0v) is 15.8. The lowest BCUT2D eigenvalue weighted by Crippen LogP contribution is -2.16. The fourth-order valence-corrected chi connectivity index (χ4v) is 3.58. The quantitative estimate of drug-likeness (QED) is 0.576. The van der Waals surface area contributed by atoms with Gasteiger partial charge in [0.05, 0.1) is 11.4 Å². The van der Waals surface area contributed by atoms with Gasteiger partial charge in [0, 0.05) is 16.5 Å². The third-order valence-electron chi connectivity index (χ3n) is 4.33. The van der Waals surface area contributed by atoms with Crippen molar-refractivity contribution in [3.8, 4) is 27.6 Å². The maximum Gasteiger partial charge on any atom is 0.267 e. The molecule has 0 radical (unpaired) electrons. The van der Waals surface area contributed by atoms with Gasteiger partial charge in [-0.05, 0) is 19.9 Å². The molecule has 2 N–H and O–H groups in total. The van der Waals surface area contributed by atoms with E-state index in [9.17, 15) is 4.79 Å². The number of primary amides is 1. The van der Waals surface area contributed by atoms with Gasteiger partial charge < -0.3 is 5.73 Å². The first-order valence-electron chi connectivity index (χ1n) is 8.51. The Bertz CT molecular complexity index is 1110. The summed E-state index contributed by atoms with van der Waals surface area (Å²) in [6.07, 6.45) is 0. The van der Waals surface area contributed by atoms with E-state index in [0.29, 0.717) is 16.5 Å². The highest BCUT2D eigenvalue weighted by atomic mass is 32.1. The standard InChI is InChI=1S/C21H18N4OS/c1-13-3-7-15(8-4-13)17-11-19(20(22)26)25(24-17)21-23-18(12-27-21)16-9-5-14(2)6-10-16/h3-12H,1-2H3,(H2,22,26). The summed E-state index contributed by atoms with van der Waals surface area (Å²) in [5.74, 6) is -0.534. The molecule has 5 nitrogen and oxygen atoms in total. The minimum atomic E-state index is -0.534. The van der Waals surface area contributed by atoms with Gasteiger partial charge in [-0.2, -0.15) is 9.78 Å². The lowest BCUT2D eigenvalue weighted by Gasteiger charge is -2.00. The molecule has 2 heterocycles. The number of carbonyl (C=O) groups is 1. The van der Waals surface area contributed by atoms with Gasteiger partial charge in [0.25, 0.3) is 5.91 Å². The summed E-state index contributed by atoms with van der Waals surface area (Å²) in [7, 11) is 0. The fourth-order valence-electron chi connectivity index (χ4n) is 2.79. The molecule has 1 amide bonds. The molecule has 134 valence electrons. The smallest absolute Gasteiger partial charge is 0.267 e. The SMILES string of the molecule is Cc1ccc(-c2csc(-n3nc(-c4ccc(C)cc4)cc3C(N)=O)n2)cc1. The number of carbonyl (C=O) groups excluding carboxylic acids is 1. The van der Waals surface area contributed by atoms with Gasteiger partial charge in [-0.15, -0.1) is 11.3 Å². The van der Waals surface area contributed by atoms with Crippen LogP contribution in [-0.2, 0) is 0 Å². The van der Waals surface area contributed by atoms with E-state index < -0.39 is 5.91 Å². The third kappa shape index (κ3) is 3.39. The second-order valence-electron chi connectivity index (χ2n) is 6.44. The average molecular weight is 374 g/mol. The Labute approximate surface area is 161 Å². The Morgan fingerprint density at radius 2 is 1.48 bits per heavy atom. The van der Waals surface area contributed by atoms with Gasteiger partial charge in [-0.25, -0.2) is 4.98 Å². The Morgan fingerprint density at radius 1 is 0.926 bits per heavy atom. The maximum absolute atomic E-state index is 11.9. The summed E-state index contributed by atoms with van der Waals surface area (Å²) in [6, 6.07) is 17.8. The Hall–Kier alpha value is -3.25. The number of aryl methyl sites for hydroxylation is 2. The Morgan fingerprint density at radius 3 is 2.04 bits per heavy atom. The first-order valence-corrected chi connectivity index (χ1v) is 9.39. The van der Waals surface area contributed by atoms with Crippen LogP contribution in [0.1, 0.15) is 21.6 Å². The molecule has 0 fully saturated rings. The van der Waals surface area contributed by atoms with Gasteiger partial charge >= 0.3 is 0 Å². The van der Waals surface area contributed by atoms with Crippen molar-refractivity contribution in [2.75, 3.05) is 0 Å². The maximum atomic E-state index is 11.9. The zero-order chi connectivity index (χ0) is 19.0. The van der Waals surface area contributed by atoms with Gasteiger partial charge in [0.15, 0.2) is 0 Å². The number of benzene rings is 2. The van der Waals surface area contributed by atoms with E-state index in [1.807, 2.05) is 67.8 Å². The fraction of sp³-hybridized carbons (Fsp3) is 0.0952. The van der Waals surface area contributed by atoms with Crippen LogP contribution in [0.2, 0.25) is 0 Å². The summed E-state index contributed by atoms with van der Waals surface area (Å²) in [5, 5.41) is 7.15. The molecule has 0 spiro atoms. The third-order valence-corrected chi connectivity index (χ3v) is 5.15. The van der Waals surface area contributed by atoms with Crippen LogP contribution in [0.4, 0.5) is 0 Å². The van der Waals surface area contributed by atoms with Gasteiger partial charge in [-0.3, -0.25) is 4.79 Å². The van der Waals surface area contributed by atoms with Gasteiger partial charge in [0.2, 0.25) is 5.13 Å². The molecule has 0 aliphatic heterocycles. The Balaban J connectivity index is 1.76. The number of nitrogens with zero attached hydrogens (tertiary/aromatic N) is 3. The summed E-state index contributed by atoms with van der Waals surface area (Å²) >= 11 is 1.43. The first kappa shape index (κ1) is 17.2. The zero-order valence-electron chi connectivity index (χ0n) is 15.0. The largest absolute Gasteiger partial charge is 0.364 e. The second-order valence-corrected chi connectivity index (χ2v) is 7.27. The van der Waals surface area contributed by atoms with Crippen molar-refractivity contribution in [3.63, 3.8) is 0 Å². The molecule has 2 aromatic heterocycles. The van der Waals surface area contributed by atoms with E-state index >= 15 is 0 Å². The minimum absolute atomic E-state index is 0.315. The molecule has 0 atom stereocenters. The molecule has 6 heteroatoms. The predicted octanol–water partition coefficient (Wildman–Crippen LogP) is 4.38. The highest BCUT2D eigenvalue weighted by Crippen LogP contribution is 2.27. The van der Waals surface area contributed by atoms with Gasteiger partial charge in [0.1, 0.15) is 5.69 Å². The van der Waals surface area contributed by atoms with Crippen LogP contribution in [0.25, 0.3) is 27.6 Å². The van der Waals surface area contributed by atoms with Crippen LogP contribution in [0.5, 0.6) is 0 Å². The number of aromatic nitrogens is 3. The molecule has 4 rings (SSSR count). The summed E-state index contributed by atoms with van der Waals surface area (Å²) in [4.78, 5) is 16.6. The number of hydrogen-bond acceptors (Lipinski definition) is 4. The molecule has 0 saturated carbocycles. The number of nitrogens with two attached hydrogens (primary N) is 1. The molecule has 0 aliphatic rings. The van der Waals surface area contributed by atoms with Crippen molar-refractivity contribution in [2.24, 2.45) is 5.73 Å². The average Bonchev–Trinajstić information content (AvgIpc) is 3.30. The van der Waals surface area contributed by atoms with Gasteiger partial charge in [-0.1, -0.05) is 59.7 Å². The Kier molecular flexibility index (Phi) is 4.33. The number of amides is 1. The lowest BCUT2D eigenvalue weighted by molar-refractivity contribution is 0.0993. The molecule has 2 aromatic carbocycles. The van der Waals surface area contributed by atoms with Crippen molar-refractivity contribution in [1.82, 2.24) is 14.8 Å². The van der Waals surface area contributed by atoms with E-state index in [2.05, 4.69) is 10.1 Å². The minimum Gasteiger partial charge on any atom is -0.364 e. The van der Waals surface area contributed by atoms with E-state index in [1.54, 1.807) is 6.07 Å². The highest BCUT2D eigenvalue weighted by molar-refractivity contribution is 7.12.